The van der Waals surface area contributed by atoms with Crippen LogP contribution in [0.3, 0.4) is 0 Å². The molecule has 0 aliphatic heterocycles. The molecule has 0 spiro atoms. The van der Waals surface area contributed by atoms with Gasteiger partial charge in [-0.25, -0.2) is 12.8 Å². The Bertz CT molecular complexity index is 1550. The molecule has 38 heavy (non-hydrogen) atoms. The van der Waals surface area contributed by atoms with E-state index in [0.29, 0.717) is 40.8 Å². The molecule has 0 saturated heterocycles. The van der Waals surface area contributed by atoms with Crippen molar-refractivity contribution in [2.24, 2.45) is 7.05 Å². The summed E-state index contributed by atoms with van der Waals surface area (Å²) < 4.78 is 48.1. The van der Waals surface area contributed by atoms with Gasteiger partial charge in [-0.15, -0.1) is 0 Å². The first-order valence-electron chi connectivity index (χ1n) is 11.8. The SMILES string of the molecule is COc1cc2c(C(=O)Nc3ccc(Nc4ccccc4F)cc3)n(C)nc2cc1NS(=O)(=O)CCCCO. The van der Waals surface area contributed by atoms with Crippen molar-refractivity contribution < 1.29 is 27.4 Å². The third-order valence-corrected chi connectivity index (χ3v) is 7.11. The standard InChI is InChI=1S/C26H28FN5O5S/c1-32-25(26(34)29-18-11-9-17(10-12-18)28-21-8-4-3-7-20(21)27)19-15-24(37-2)23(16-22(19)30-32)31-38(35,36)14-6-5-13-33/h3-4,7-12,15-16,28,31,33H,5-6,13-14H2,1-2H3,(H,29,34). The first kappa shape index (κ1) is 26.9. The Balaban J connectivity index is 1.54. The Morgan fingerprint density at radius 3 is 2.45 bits per heavy atom. The Morgan fingerprint density at radius 2 is 1.76 bits per heavy atom. The van der Waals surface area contributed by atoms with Crippen molar-refractivity contribution in [2.45, 2.75) is 12.8 Å². The molecule has 4 aromatic rings. The maximum absolute atomic E-state index is 13.9. The number of benzene rings is 3. The van der Waals surface area contributed by atoms with Gasteiger partial charge < -0.3 is 20.5 Å². The molecule has 0 fully saturated rings. The number of aliphatic hydroxyl groups is 1. The first-order valence-corrected chi connectivity index (χ1v) is 13.4. The number of methoxy groups -OCH3 is 1. The van der Waals surface area contributed by atoms with Gasteiger partial charge in [0.15, 0.2) is 0 Å². The van der Waals surface area contributed by atoms with E-state index in [9.17, 15) is 17.6 Å². The summed E-state index contributed by atoms with van der Waals surface area (Å²) in [5, 5.41) is 19.6. The van der Waals surface area contributed by atoms with Crippen LogP contribution in [-0.4, -0.2) is 48.7 Å². The highest BCUT2D eigenvalue weighted by molar-refractivity contribution is 7.92. The predicted molar refractivity (Wildman–Crippen MR) is 145 cm³/mol. The van der Waals surface area contributed by atoms with Crippen LogP contribution < -0.4 is 20.1 Å². The number of sulfonamides is 1. The number of amides is 1. The number of para-hydroxylation sites is 1. The highest BCUT2D eigenvalue weighted by atomic mass is 32.2. The number of anilines is 4. The van der Waals surface area contributed by atoms with Gasteiger partial charge in [-0.2, -0.15) is 5.10 Å². The number of aromatic nitrogens is 2. The van der Waals surface area contributed by atoms with Crippen LogP contribution in [0.1, 0.15) is 23.3 Å². The minimum atomic E-state index is -3.68. The summed E-state index contributed by atoms with van der Waals surface area (Å²) in [4.78, 5) is 13.2. The summed E-state index contributed by atoms with van der Waals surface area (Å²) in [6, 6.07) is 16.2. The fraction of sp³-hybridized carbons (Fsp3) is 0.231. The van der Waals surface area contributed by atoms with E-state index >= 15 is 0 Å². The Hall–Kier alpha value is -4.16. The van der Waals surface area contributed by atoms with Crippen LogP contribution in [-0.2, 0) is 17.1 Å². The van der Waals surface area contributed by atoms with Crippen LogP contribution in [0.5, 0.6) is 5.75 Å². The summed E-state index contributed by atoms with van der Waals surface area (Å²) in [5.41, 5.74) is 2.36. The third kappa shape index (κ3) is 6.21. The maximum atomic E-state index is 13.9. The number of unbranched alkanes of at least 4 members (excludes halogenated alkanes) is 1. The molecular weight excluding hydrogens is 513 g/mol. The summed E-state index contributed by atoms with van der Waals surface area (Å²) in [6.45, 7) is -0.0850. The number of hydrogen-bond acceptors (Lipinski definition) is 7. The van der Waals surface area contributed by atoms with Gasteiger partial charge in [0.05, 0.1) is 29.8 Å². The van der Waals surface area contributed by atoms with Crippen molar-refractivity contribution in [3.05, 3.63) is 72.2 Å². The lowest BCUT2D eigenvalue weighted by molar-refractivity contribution is 0.101. The molecule has 1 aromatic heterocycles. The second-order valence-electron chi connectivity index (χ2n) is 8.53. The zero-order valence-corrected chi connectivity index (χ0v) is 21.7. The molecule has 0 radical (unpaired) electrons. The molecule has 4 rings (SSSR count). The number of rotatable bonds is 11. The van der Waals surface area contributed by atoms with Crippen molar-refractivity contribution >= 4 is 49.6 Å². The first-order chi connectivity index (χ1) is 18.2. The zero-order valence-electron chi connectivity index (χ0n) is 20.9. The highest BCUT2D eigenvalue weighted by Crippen LogP contribution is 2.33. The smallest absolute Gasteiger partial charge is 0.274 e. The lowest BCUT2D eigenvalue weighted by atomic mass is 10.1. The molecule has 0 aliphatic carbocycles. The largest absolute Gasteiger partial charge is 0.495 e. The van der Waals surface area contributed by atoms with Gasteiger partial charge in [-0.05, 0) is 61.4 Å². The normalized spacial score (nSPS) is 11.4. The molecule has 4 N–H and O–H groups in total. The number of ether oxygens (including phenoxy) is 1. The van der Waals surface area contributed by atoms with Gasteiger partial charge in [-0.3, -0.25) is 14.2 Å². The van der Waals surface area contributed by atoms with E-state index in [2.05, 4.69) is 20.5 Å². The number of hydrogen-bond donors (Lipinski definition) is 4. The molecule has 1 heterocycles. The quantitative estimate of drug-likeness (QED) is 0.209. The Morgan fingerprint density at radius 1 is 1.05 bits per heavy atom. The second-order valence-corrected chi connectivity index (χ2v) is 10.4. The second kappa shape index (κ2) is 11.5. The van der Waals surface area contributed by atoms with Crippen molar-refractivity contribution in [2.75, 3.05) is 34.8 Å². The number of aliphatic hydroxyl groups excluding tert-OH is 1. The molecule has 12 heteroatoms. The van der Waals surface area contributed by atoms with Crippen molar-refractivity contribution in [3.8, 4) is 5.75 Å². The van der Waals surface area contributed by atoms with Crippen LogP contribution in [0, 0.1) is 5.82 Å². The predicted octanol–water partition coefficient (Wildman–Crippen LogP) is 4.23. The minimum absolute atomic E-state index is 0.0850. The van der Waals surface area contributed by atoms with Crippen LogP contribution in [0.25, 0.3) is 10.9 Å². The van der Waals surface area contributed by atoms with E-state index < -0.39 is 15.9 Å². The van der Waals surface area contributed by atoms with E-state index in [1.807, 2.05) is 0 Å². The van der Waals surface area contributed by atoms with E-state index in [1.165, 1.54) is 23.9 Å². The maximum Gasteiger partial charge on any atom is 0.274 e. The topological polar surface area (TPSA) is 135 Å². The molecule has 0 unspecified atom stereocenters. The molecule has 200 valence electrons. The number of halogens is 1. The van der Waals surface area contributed by atoms with E-state index in [0.717, 1.165) is 0 Å². The number of carbonyl (C=O) groups is 1. The average Bonchev–Trinajstić information content (AvgIpc) is 3.20. The molecule has 10 nitrogen and oxygen atoms in total. The fourth-order valence-electron chi connectivity index (χ4n) is 3.91. The van der Waals surface area contributed by atoms with Gasteiger partial charge in [0, 0.05) is 30.4 Å². The Kier molecular flexibility index (Phi) is 8.13. The molecule has 0 saturated carbocycles. The monoisotopic (exact) mass is 541 g/mol. The molecular formula is C26H28FN5O5S. The van der Waals surface area contributed by atoms with Crippen LogP contribution in [0.2, 0.25) is 0 Å². The van der Waals surface area contributed by atoms with Crippen molar-refractivity contribution in [3.63, 3.8) is 0 Å². The van der Waals surface area contributed by atoms with Gasteiger partial charge in [0.25, 0.3) is 5.91 Å². The minimum Gasteiger partial charge on any atom is -0.495 e. The summed E-state index contributed by atoms with van der Waals surface area (Å²) in [6.07, 6.45) is 0.686. The third-order valence-electron chi connectivity index (χ3n) is 5.75. The van der Waals surface area contributed by atoms with Crippen molar-refractivity contribution in [1.82, 2.24) is 9.78 Å². The molecule has 3 aromatic carbocycles. The molecule has 1 amide bonds. The van der Waals surface area contributed by atoms with Crippen LogP contribution in [0.15, 0.2) is 60.7 Å². The number of nitrogens with zero attached hydrogens (tertiary/aromatic N) is 2. The molecule has 0 atom stereocenters. The van der Waals surface area contributed by atoms with Gasteiger partial charge in [0.2, 0.25) is 10.0 Å². The Labute approximate surface area is 219 Å². The average molecular weight is 542 g/mol. The zero-order chi connectivity index (χ0) is 27.3. The number of fused-ring (bicyclic) bond motifs is 1. The summed E-state index contributed by atoms with van der Waals surface area (Å²) in [5.74, 6) is -0.724. The van der Waals surface area contributed by atoms with E-state index in [1.54, 1.807) is 55.6 Å². The molecule has 0 aliphatic rings. The lowest BCUT2D eigenvalue weighted by Crippen LogP contribution is -2.17. The lowest BCUT2D eigenvalue weighted by Gasteiger charge is -2.12. The van der Waals surface area contributed by atoms with E-state index in [-0.39, 0.29) is 35.3 Å². The number of aryl methyl sites for hydroxylation is 1. The fourth-order valence-corrected chi connectivity index (χ4v) is 5.09. The molecule has 0 bridgehead atoms. The van der Waals surface area contributed by atoms with Gasteiger partial charge >= 0.3 is 0 Å². The summed E-state index contributed by atoms with van der Waals surface area (Å²) in [7, 11) is -0.662. The van der Waals surface area contributed by atoms with Crippen LogP contribution >= 0.6 is 0 Å². The number of nitrogens with one attached hydrogen (secondary N) is 3. The summed E-state index contributed by atoms with van der Waals surface area (Å²) >= 11 is 0. The van der Waals surface area contributed by atoms with Gasteiger partial charge in [-0.1, -0.05) is 12.1 Å². The van der Waals surface area contributed by atoms with E-state index in [4.69, 9.17) is 9.84 Å². The van der Waals surface area contributed by atoms with Crippen molar-refractivity contribution in [1.29, 1.82) is 0 Å². The highest BCUT2D eigenvalue weighted by Gasteiger charge is 2.21. The van der Waals surface area contributed by atoms with Crippen LogP contribution in [0.4, 0.5) is 27.1 Å². The number of carbonyl (C=O) groups excluding carboxylic acids is 1. The van der Waals surface area contributed by atoms with Gasteiger partial charge in [0.1, 0.15) is 17.3 Å².